The molecule has 1 atom stereocenters. The van der Waals surface area contributed by atoms with Crippen molar-refractivity contribution in [3.63, 3.8) is 0 Å². The zero-order valence-electron chi connectivity index (χ0n) is 6.58. The first-order valence-corrected chi connectivity index (χ1v) is 4.84. The Morgan fingerprint density at radius 2 is 2.00 bits per heavy atom. The van der Waals surface area contributed by atoms with Gasteiger partial charge < -0.3 is 0 Å². The molecule has 0 spiro atoms. The van der Waals surface area contributed by atoms with Crippen molar-refractivity contribution >= 4 is 7.82 Å². The van der Waals surface area contributed by atoms with Crippen molar-refractivity contribution in [1.82, 2.24) is 0 Å². The van der Waals surface area contributed by atoms with E-state index in [2.05, 4.69) is 13.8 Å². The fourth-order valence-corrected chi connectivity index (χ4v) is 1.31. The van der Waals surface area contributed by atoms with Crippen LogP contribution in [0.2, 0.25) is 0 Å². The van der Waals surface area contributed by atoms with Crippen LogP contribution in [0.1, 0.15) is 20.3 Å². The van der Waals surface area contributed by atoms with Crippen molar-refractivity contribution in [3.05, 3.63) is 0 Å². The Bertz CT molecular complexity index is 140. The molecule has 1 unspecified atom stereocenters. The minimum Gasteiger partial charge on any atom is -0.285 e. The Balaban J connectivity index is 3.79. The van der Waals surface area contributed by atoms with Gasteiger partial charge in [-0.25, -0.2) is 4.57 Å². The van der Waals surface area contributed by atoms with Crippen LogP contribution in [0.4, 0.5) is 4.53 Å². The van der Waals surface area contributed by atoms with Gasteiger partial charge in [-0.15, -0.1) is 0 Å². The van der Waals surface area contributed by atoms with E-state index >= 15 is 0 Å². The Hall–Kier alpha value is 0.0400. The average Bonchev–Trinajstić information content (AvgIpc) is 2.02. The van der Waals surface area contributed by atoms with Crippen LogP contribution >= 0.6 is 7.82 Å². The predicted molar refractivity (Wildman–Crippen MR) is 37.7 cm³/mol. The van der Waals surface area contributed by atoms with Crippen molar-refractivity contribution in [2.45, 2.75) is 20.3 Å². The molecule has 0 amide bonds. The van der Waals surface area contributed by atoms with Crippen LogP contribution < -0.4 is 0 Å². The van der Waals surface area contributed by atoms with Crippen LogP contribution in [0.3, 0.4) is 0 Å². The second-order valence-corrected chi connectivity index (χ2v) is 3.32. The lowest BCUT2D eigenvalue weighted by molar-refractivity contribution is -0.0560. The zero-order valence-corrected chi connectivity index (χ0v) is 7.47. The molecule has 0 aromatic heterocycles. The van der Waals surface area contributed by atoms with Crippen LogP contribution in [0.5, 0.6) is 0 Å². The summed E-state index contributed by atoms with van der Waals surface area (Å²) in [6, 6.07) is 0. The van der Waals surface area contributed by atoms with E-state index in [9.17, 15) is 9.09 Å². The second-order valence-electron chi connectivity index (χ2n) is 1.77. The number of hydrogen-bond acceptors (Lipinski definition) is 4. The second kappa shape index (κ2) is 5.66. The normalized spacial score (nSPS) is 16.3. The summed E-state index contributed by atoms with van der Waals surface area (Å²) in [7, 11) is -3.88. The van der Waals surface area contributed by atoms with Gasteiger partial charge in [-0.2, -0.15) is 0 Å². The third-order valence-electron chi connectivity index (χ3n) is 0.825. The number of rotatable bonds is 6. The van der Waals surface area contributed by atoms with Gasteiger partial charge in [-0.1, -0.05) is 11.7 Å². The molecule has 0 heterocycles. The molecule has 0 saturated carbocycles. The van der Waals surface area contributed by atoms with Crippen LogP contribution in [0, 0.1) is 0 Å². The van der Waals surface area contributed by atoms with E-state index in [1.807, 2.05) is 0 Å². The van der Waals surface area contributed by atoms with Gasteiger partial charge in [0.05, 0.1) is 13.2 Å². The SMILES string of the molecule is CCCOP(=O)(OF)OCC. The van der Waals surface area contributed by atoms with Gasteiger partial charge in [0.15, 0.2) is 0 Å². The molecule has 0 radical (unpaired) electrons. The quantitative estimate of drug-likeness (QED) is 0.597. The van der Waals surface area contributed by atoms with Gasteiger partial charge in [-0.05, 0) is 17.9 Å². The smallest absolute Gasteiger partial charge is 0.285 e. The van der Waals surface area contributed by atoms with E-state index in [1.54, 1.807) is 13.8 Å². The van der Waals surface area contributed by atoms with Crippen molar-refractivity contribution in [1.29, 1.82) is 0 Å². The van der Waals surface area contributed by atoms with Gasteiger partial charge in [-0.3, -0.25) is 9.05 Å². The number of phosphoric acid groups is 1. The summed E-state index contributed by atoms with van der Waals surface area (Å²) < 4.78 is 34.5. The molecule has 0 aromatic rings. The summed E-state index contributed by atoms with van der Waals surface area (Å²) >= 11 is 0. The van der Waals surface area contributed by atoms with Gasteiger partial charge >= 0.3 is 7.82 Å². The monoisotopic (exact) mass is 186 g/mol. The molecule has 0 bridgehead atoms. The molecule has 6 heteroatoms. The number of halogens is 1. The summed E-state index contributed by atoms with van der Waals surface area (Å²) in [4.78, 5) is 0. The van der Waals surface area contributed by atoms with E-state index in [-0.39, 0.29) is 13.2 Å². The first kappa shape index (κ1) is 11.0. The first-order chi connectivity index (χ1) is 5.18. The van der Waals surface area contributed by atoms with E-state index in [4.69, 9.17) is 0 Å². The molecule has 4 nitrogen and oxygen atoms in total. The molecular formula is C5H12FO4P. The summed E-state index contributed by atoms with van der Waals surface area (Å²) in [6.07, 6.45) is 0.625. The molecule has 0 N–H and O–H groups in total. The van der Waals surface area contributed by atoms with Gasteiger partial charge in [0.1, 0.15) is 0 Å². The highest BCUT2D eigenvalue weighted by atomic mass is 31.2. The Labute approximate surface area is 65.2 Å². The molecule has 0 fully saturated rings. The molecule has 11 heavy (non-hydrogen) atoms. The minimum atomic E-state index is -3.88. The summed E-state index contributed by atoms with van der Waals surface area (Å²) in [5, 5.41) is 0. The highest BCUT2D eigenvalue weighted by Crippen LogP contribution is 2.49. The van der Waals surface area contributed by atoms with E-state index < -0.39 is 7.82 Å². The highest BCUT2D eigenvalue weighted by molar-refractivity contribution is 7.48. The lowest BCUT2D eigenvalue weighted by atomic mass is 10.5. The minimum absolute atomic E-state index is 0.0882. The molecule has 0 aromatic carbocycles. The maximum Gasteiger partial charge on any atom is 0.506 e. The van der Waals surface area contributed by atoms with Crippen LogP contribution in [-0.2, 0) is 18.3 Å². The molecular weight excluding hydrogens is 174 g/mol. The summed E-state index contributed by atoms with van der Waals surface area (Å²) in [5.41, 5.74) is 0. The maximum absolute atomic E-state index is 11.5. The topological polar surface area (TPSA) is 44.8 Å². The fourth-order valence-electron chi connectivity index (χ4n) is 0.438. The standard InChI is InChI=1S/C5H12FO4P/c1-3-5-9-11(7,10-6)8-4-2/h3-5H2,1-2H3. The molecule has 0 aliphatic heterocycles. The highest BCUT2D eigenvalue weighted by Gasteiger charge is 2.26. The molecule has 68 valence electrons. The average molecular weight is 186 g/mol. The zero-order chi connectivity index (χ0) is 8.74. The van der Waals surface area contributed by atoms with Crippen molar-refractivity contribution in [2.75, 3.05) is 13.2 Å². The van der Waals surface area contributed by atoms with Crippen LogP contribution in [-0.4, -0.2) is 13.2 Å². The Kier molecular flexibility index (Phi) is 5.68. The van der Waals surface area contributed by atoms with Crippen LogP contribution in [0.25, 0.3) is 0 Å². The lowest BCUT2D eigenvalue weighted by Crippen LogP contribution is -1.96. The van der Waals surface area contributed by atoms with E-state index in [0.717, 1.165) is 0 Å². The molecule has 0 rings (SSSR count). The Morgan fingerprint density at radius 1 is 1.36 bits per heavy atom. The first-order valence-electron chi connectivity index (χ1n) is 3.38. The molecule has 0 aliphatic carbocycles. The lowest BCUT2D eigenvalue weighted by Gasteiger charge is -2.10. The number of phosphoric ester groups is 1. The predicted octanol–water partition coefficient (Wildman–Crippen LogP) is 2.46. The molecule has 0 aliphatic rings. The third kappa shape index (κ3) is 4.48. The molecule has 0 saturated heterocycles. The van der Waals surface area contributed by atoms with Gasteiger partial charge in [0.2, 0.25) is 0 Å². The van der Waals surface area contributed by atoms with Gasteiger partial charge in [0.25, 0.3) is 0 Å². The Morgan fingerprint density at radius 3 is 2.36 bits per heavy atom. The van der Waals surface area contributed by atoms with E-state index in [0.29, 0.717) is 6.42 Å². The number of hydrogen-bond donors (Lipinski definition) is 0. The largest absolute Gasteiger partial charge is 0.506 e. The van der Waals surface area contributed by atoms with Crippen LogP contribution in [0.15, 0.2) is 0 Å². The fraction of sp³-hybridized carbons (Fsp3) is 1.00. The van der Waals surface area contributed by atoms with Crippen molar-refractivity contribution < 1.29 is 22.9 Å². The third-order valence-corrected chi connectivity index (χ3v) is 2.07. The van der Waals surface area contributed by atoms with Crippen molar-refractivity contribution in [3.8, 4) is 0 Å². The van der Waals surface area contributed by atoms with E-state index in [1.165, 1.54) is 0 Å². The van der Waals surface area contributed by atoms with Crippen molar-refractivity contribution in [2.24, 2.45) is 0 Å². The summed E-state index contributed by atoms with van der Waals surface area (Å²) in [5.74, 6) is 0. The van der Waals surface area contributed by atoms with Gasteiger partial charge in [0, 0.05) is 0 Å². The summed E-state index contributed by atoms with van der Waals surface area (Å²) in [6.45, 7) is 3.61. The maximum atomic E-state index is 11.5.